The molecule has 1 amide bonds. The Bertz CT molecular complexity index is 1020. The number of nitrogens with one attached hydrogen (secondary N) is 2. The molecule has 0 aliphatic rings. The second-order valence-electron chi connectivity index (χ2n) is 6.03. The van der Waals surface area contributed by atoms with Crippen molar-refractivity contribution in [2.45, 2.75) is 13.0 Å². The second kappa shape index (κ2) is 8.22. The molecule has 3 aromatic rings. The molecule has 3 rings (SSSR count). The lowest BCUT2D eigenvalue weighted by Crippen LogP contribution is -2.27. The van der Waals surface area contributed by atoms with Crippen LogP contribution in [0.15, 0.2) is 53.1 Å². The highest BCUT2D eigenvalue weighted by atomic mass is 79.9. The number of aromatic nitrogens is 2. The number of methoxy groups -OCH3 is 1. The standard InChI is InChI=1S/C19H17BrN4O4/c1-11(18-21-10-15(23-18)12-3-6-14(20)7-4-12)22-19(25)13-5-8-17(28-2)16(9-13)24(26)27/h3-11H,1-2H3,(H,21,23)(H,22,25). The van der Waals surface area contributed by atoms with Gasteiger partial charge in [-0.2, -0.15) is 0 Å². The van der Waals surface area contributed by atoms with Crippen LogP contribution in [-0.2, 0) is 0 Å². The van der Waals surface area contributed by atoms with Crippen molar-refractivity contribution in [2.75, 3.05) is 7.11 Å². The number of hydrogen-bond acceptors (Lipinski definition) is 5. The van der Waals surface area contributed by atoms with E-state index >= 15 is 0 Å². The predicted molar refractivity (Wildman–Crippen MR) is 107 cm³/mol. The number of amides is 1. The van der Waals surface area contributed by atoms with Gasteiger partial charge in [0.1, 0.15) is 5.82 Å². The van der Waals surface area contributed by atoms with Gasteiger partial charge in [0.25, 0.3) is 5.91 Å². The lowest BCUT2D eigenvalue weighted by molar-refractivity contribution is -0.385. The van der Waals surface area contributed by atoms with Gasteiger partial charge in [0.15, 0.2) is 5.75 Å². The van der Waals surface area contributed by atoms with Gasteiger partial charge in [-0.25, -0.2) is 4.98 Å². The van der Waals surface area contributed by atoms with Crippen LogP contribution in [-0.4, -0.2) is 27.9 Å². The molecule has 2 aromatic carbocycles. The normalized spacial score (nSPS) is 11.7. The van der Waals surface area contributed by atoms with Crippen LogP contribution < -0.4 is 10.1 Å². The number of nitro benzene ring substituents is 1. The summed E-state index contributed by atoms with van der Waals surface area (Å²) < 4.78 is 5.93. The minimum atomic E-state index is -0.587. The zero-order chi connectivity index (χ0) is 20.3. The summed E-state index contributed by atoms with van der Waals surface area (Å²) in [6.45, 7) is 1.78. The first-order valence-corrected chi connectivity index (χ1v) is 9.12. The fourth-order valence-electron chi connectivity index (χ4n) is 2.66. The van der Waals surface area contributed by atoms with Crippen molar-refractivity contribution in [1.82, 2.24) is 15.3 Å². The summed E-state index contributed by atoms with van der Waals surface area (Å²) in [5, 5.41) is 13.9. The first-order valence-electron chi connectivity index (χ1n) is 8.33. The quantitative estimate of drug-likeness (QED) is 0.436. The van der Waals surface area contributed by atoms with Gasteiger partial charge < -0.3 is 15.0 Å². The molecule has 0 saturated heterocycles. The molecule has 1 aromatic heterocycles. The number of aromatic amines is 1. The number of ether oxygens (including phenoxy) is 1. The summed E-state index contributed by atoms with van der Waals surface area (Å²) in [6.07, 6.45) is 1.69. The lowest BCUT2D eigenvalue weighted by Gasteiger charge is -2.12. The summed E-state index contributed by atoms with van der Waals surface area (Å²) >= 11 is 3.40. The number of carbonyl (C=O) groups is 1. The number of rotatable bonds is 6. The van der Waals surface area contributed by atoms with Gasteiger partial charge in [0, 0.05) is 16.1 Å². The minimum absolute atomic E-state index is 0.0970. The molecular weight excluding hydrogens is 428 g/mol. The van der Waals surface area contributed by atoms with Crippen molar-refractivity contribution in [1.29, 1.82) is 0 Å². The van der Waals surface area contributed by atoms with Crippen LogP contribution in [0.1, 0.15) is 29.1 Å². The van der Waals surface area contributed by atoms with Gasteiger partial charge in [-0.1, -0.05) is 28.1 Å². The van der Waals surface area contributed by atoms with Crippen LogP contribution in [0.2, 0.25) is 0 Å². The third-order valence-electron chi connectivity index (χ3n) is 4.15. The molecule has 28 heavy (non-hydrogen) atoms. The highest BCUT2D eigenvalue weighted by Gasteiger charge is 2.20. The Morgan fingerprint density at radius 2 is 2.00 bits per heavy atom. The number of carbonyl (C=O) groups excluding carboxylic acids is 1. The van der Waals surface area contributed by atoms with E-state index in [1.165, 1.54) is 25.3 Å². The average molecular weight is 445 g/mol. The number of hydrogen-bond donors (Lipinski definition) is 2. The van der Waals surface area contributed by atoms with Crippen LogP contribution in [0.3, 0.4) is 0 Å². The molecular formula is C19H17BrN4O4. The molecule has 0 aliphatic carbocycles. The van der Waals surface area contributed by atoms with Gasteiger partial charge >= 0.3 is 5.69 Å². The summed E-state index contributed by atoms with van der Waals surface area (Å²) in [5.74, 6) is 0.230. The highest BCUT2D eigenvalue weighted by molar-refractivity contribution is 9.10. The summed E-state index contributed by atoms with van der Waals surface area (Å²) in [6, 6.07) is 11.4. The molecule has 0 aliphatic heterocycles. The van der Waals surface area contributed by atoms with E-state index in [0.29, 0.717) is 5.82 Å². The Labute approximate surface area is 169 Å². The number of halogens is 1. The third kappa shape index (κ3) is 4.20. The van der Waals surface area contributed by atoms with Crippen LogP contribution >= 0.6 is 15.9 Å². The van der Waals surface area contributed by atoms with Gasteiger partial charge in [0.05, 0.1) is 30.0 Å². The van der Waals surface area contributed by atoms with Crippen molar-refractivity contribution in [3.63, 3.8) is 0 Å². The lowest BCUT2D eigenvalue weighted by atomic mass is 10.1. The number of benzene rings is 2. The van der Waals surface area contributed by atoms with Gasteiger partial charge in [-0.15, -0.1) is 0 Å². The van der Waals surface area contributed by atoms with Gasteiger partial charge in [-0.3, -0.25) is 14.9 Å². The maximum Gasteiger partial charge on any atom is 0.311 e. The van der Waals surface area contributed by atoms with E-state index in [2.05, 4.69) is 31.2 Å². The van der Waals surface area contributed by atoms with E-state index in [4.69, 9.17) is 4.74 Å². The van der Waals surface area contributed by atoms with E-state index in [9.17, 15) is 14.9 Å². The molecule has 0 bridgehead atoms. The molecule has 2 N–H and O–H groups in total. The number of H-pyrrole nitrogens is 1. The molecule has 1 atom stereocenters. The Morgan fingerprint density at radius 3 is 2.64 bits per heavy atom. The predicted octanol–water partition coefficient (Wildman–Crippen LogP) is 4.25. The van der Waals surface area contributed by atoms with Crippen molar-refractivity contribution < 1.29 is 14.5 Å². The summed E-state index contributed by atoms with van der Waals surface area (Å²) in [4.78, 5) is 30.6. The van der Waals surface area contributed by atoms with E-state index in [1.807, 2.05) is 24.3 Å². The third-order valence-corrected chi connectivity index (χ3v) is 4.67. The zero-order valence-corrected chi connectivity index (χ0v) is 16.7. The van der Waals surface area contributed by atoms with Gasteiger partial charge in [0.2, 0.25) is 0 Å². The summed E-state index contributed by atoms with van der Waals surface area (Å²) in [5.41, 5.74) is 1.69. The van der Waals surface area contributed by atoms with Crippen LogP contribution in [0.5, 0.6) is 5.75 Å². The molecule has 1 unspecified atom stereocenters. The van der Waals surface area contributed by atoms with Gasteiger partial charge in [-0.05, 0) is 36.8 Å². The second-order valence-corrected chi connectivity index (χ2v) is 6.94. The van der Waals surface area contributed by atoms with Crippen LogP contribution in [0.4, 0.5) is 5.69 Å². The smallest absolute Gasteiger partial charge is 0.311 e. The largest absolute Gasteiger partial charge is 0.490 e. The minimum Gasteiger partial charge on any atom is -0.490 e. The Kier molecular flexibility index (Phi) is 5.74. The van der Waals surface area contributed by atoms with E-state index in [0.717, 1.165) is 15.7 Å². The molecule has 0 spiro atoms. The Balaban J connectivity index is 1.75. The molecule has 8 nitrogen and oxygen atoms in total. The maximum absolute atomic E-state index is 12.5. The molecule has 0 radical (unpaired) electrons. The Hall–Kier alpha value is -3.20. The average Bonchev–Trinajstić information content (AvgIpc) is 3.18. The maximum atomic E-state index is 12.5. The van der Waals surface area contributed by atoms with E-state index < -0.39 is 16.9 Å². The molecule has 0 saturated carbocycles. The van der Waals surface area contributed by atoms with E-state index in [-0.39, 0.29) is 17.0 Å². The fourth-order valence-corrected chi connectivity index (χ4v) is 2.92. The summed E-state index contributed by atoms with van der Waals surface area (Å²) in [7, 11) is 1.34. The monoisotopic (exact) mass is 444 g/mol. The fraction of sp³-hybridized carbons (Fsp3) is 0.158. The zero-order valence-electron chi connectivity index (χ0n) is 15.1. The van der Waals surface area contributed by atoms with Crippen molar-refractivity contribution in [2.24, 2.45) is 0 Å². The Morgan fingerprint density at radius 1 is 1.29 bits per heavy atom. The first-order chi connectivity index (χ1) is 13.4. The molecule has 144 valence electrons. The van der Waals surface area contributed by atoms with Crippen molar-refractivity contribution in [3.8, 4) is 17.0 Å². The molecule has 0 fully saturated rings. The SMILES string of the molecule is COc1ccc(C(=O)NC(C)c2ncc(-c3ccc(Br)cc3)[nH]2)cc1[N+](=O)[O-]. The highest BCUT2D eigenvalue weighted by Crippen LogP contribution is 2.28. The topological polar surface area (TPSA) is 110 Å². The van der Waals surface area contributed by atoms with Crippen LogP contribution in [0.25, 0.3) is 11.3 Å². The van der Waals surface area contributed by atoms with Crippen LogP contribution in [0, 0.1) is 10.1 Å². The number of nitro groups is 1. The van der Waals surface area contributed by atoms with Crippen molar-refractivity contribution >= 4 is 27.5 Å². The number of imidazole rings is 1. The molecule has 9 heteroatoms. The van der Waals surface area contributed by atoms with E-state index in [1.54, 1.807) is 13.1 Å². The molecule has 1 heterocycles. The first kappa shape index (κ1) is 19.6. The van der Waals surface area contributed by atoms with Crippen molar-refractivity contribution in [3.05, 3.63) is 74.6 Å². The number of nitrogens with zero attached hydrogens (tertiary/aromatic N) is 2.